The Morgan fingerprint density at radius 3 is 2.41 bits per heavy atom. The Morgan fingerprint density at radius 2 is 1.78 bits per heavy atom. The summed E-state index contributed by atoms with van der Waals surface area (Å²) in [5, 5.41) is 27.9. The van der Waals surface area contributed by atoms with Gasteiger partial charge >= 0.3 is 0 Å². The Kier molecular flexibility index (Phi) is 5.74. The van der Waals surface area contributed by atoms with E-state index in [1.165, 1.54) is 18.2 Å². The molecular weight excluding hydrogens is 342 g/mol. The third kappa shape index (κ3) is 4.87. The van der Waals surface area contributed by atoms with Crippen molar-refractivity contribution in [3.63, 3.8) is 0 Å². The van der Waals surface area contributed by atoms with E-state index in [1.54, 1.807) is 17.0 Å². The topological polar surface area (TPSA) is 87.8 Å². The van der Waals surface area contributed by atoms with Crippen molar-refractivity contribution in [3.05, 3.63) is 65.2 Å². The van der Waals surface area contributed by atoms with Crippen molar-refractivity contribution < 1.29 is 15.0 Å². The van der Waals surface area contributed by atoms with E-state index in [0.29, 0.717) is 24.2 Å². The van der Waals surface area contributed by atoms with Crippen molar-refractivity contribution in [2.75, 3.05) is 26.2 Å². The van der Waals surface area contributed by atoms with Crippen LogP contribution >= 0.6 is 0 Å². The summed E-state index contributed by atoms with van der Waals surface area (Å²) in [5.41, 5.74) is 2.29. The predicted octanol–water partition coefficient (Wildman–Crippen LogP) is 2.33. The Bertz CT molecular complexity index is 877. The van der Waals surface area contributed by atoms with Crippen molar-refractivity contribution in [3.8, 4) is 17.6 Å². The summed E-state index contributed by atoms with van der Waals surface area (Å²) in [7, 11) is 0. The molecule has 1 amide bonds. The van der Waals surface area contributed by atoms with Crippen molar-refractivity contribution >= 4 is 12.0 Å². The smallest absolute Gasteiger partial charge is 0.246 e. The van der Waals surface area contributed by atoms with E-state index < -0.39 is 0 Å². The summed E-state index contributed by atoms with van der Waals surface area (Å²) in [6, 6.07) is 13.9. The maximum absolute atomic E-state index is 12.3. The van der Waals surface area contributed by atoms with Gasteiger partial charge in [0.25, 0.3) is 0 Å². The molecule has 6 nitrogen and oxygen atoms in total. The first-order valence-electron chi connectivity index (χ1n) is 8.75. The molecule has 0 atom stereocenters. The van der Waals surface area contributed by atoms with E-state index in [0.717, 1.165) is 25.2 Å². The molecule has 0 unspecified atom stereocenters. The minimum atomic E-state index is -0.0968. The van der Waals surface area contributed by atoms with Crippen molar-refractivity contribution in [2.24, 2.45) is 0 Å². The molecule has 27 heavy (non-hydrogen) atoms. The maximum atomic E-state index is 12.3. The second-order valence-corrected chi connectivity index (χ2v) is 6.49. The summed E-state index contributed by atoms with van der Waals surface area (Å²) < 4.78 is 0. The van der Waals surface area contributed by atoms with Gasteiger partial charge < -0.3 is 15.1 Å². The molecule has 1 saturated heterocycles. The van der Waals surface area contributed by atoms with Gasteiger partial charge in [0, 0.05) is 50.4 Å². The number of amides is 1. The number of rotatable bonds is 4. The normalized spacial score (nSPS) is 15.0. The number of nitrogens with zero attached hydrogens (tertiary/aromatic N) is 3. The number of hydrogen-bond donors (Lipinski definition) is 2. The minimum absolute atomic E-state index is 0.0191. The fraction of sp³-hybridized carbons (Fsp3) is 0.238. The number of phenols is 2. The van der Waals surface area contributed by atoms with E-state index in [9.17, 15) is 15.0 Å². The zero-order valence-electron chi connectivity index (χ0n) is 14.9. The van der Waals surface area contributed by atoms with E-state index in [-0.39, 0.29) is 17.4 Å². The zero-order chi connectivity index (χ0) is 19.2. The largest absolute Gasteiger partial charge is 0.508 e. The lowest BCUT2D eigenvalue weighted by atomic mass is 10.1. The number of aromatic hydroxyl groups is 2. The highest BCUT2D eigenvalue weighted by Crippen LogP contribution is 2.23. The fourth-order valence-corrected chi connectivity index (χ4v) is 3.01. The number of benzene rings is 2. The molecule has 0 saturated carbocycles. The van der Waals surface area contributed by atoms with Crippen molar-refractivity contribution in [1.82, 2.24) is 9.80 Å². The average Bonchev–Trinajstić information content (AvgIpc) is 2.68. The van der Waals surface area contributed by atoms with Crippen molar-refractivity contribution in [2.45, 2.75) is 6.54 Å². The van der Waals surface area contributed by atoms with Crippen LogP contribution in [0.3, 0.4) is 0 Å². The highest BCUT2D eigenvalue weighted by Gasteiger charge is 2.19. The maximum Gasteiger partial charge on any atom is 0.246 e. The monoisotopic (exact) mass is 363 g/mol. The molecule has 0 radical (unpaired) electrons. The summed E-state index contributed by atoms with van der Waals surface area (Å²) in [5.74, 6) is -0.179. The van der Waals surface area contributed by atoms with Crippen molar-refractivity contribution in [1.29, 1.82) is 5.26 Å². The molecule has 138 valence electrons. The van der Waals surface area contributed by atoms with Gasteiger partial charge in [0.2, 0.25) is 5.91 Å². The summed E-state index contributed by atoms with van der Waals surface area (Å²) in [4.78, 5) is 16.4. The van der Waals surface area contributed by atoms with Gasteiger partial charge in [-0.25, -0.2) is 0 Å². The Hall–Kier alpha value is -3.30. The lowest BCUT2D eigenvalue weighted by Crippen LogP contribution is -2.47. The number of nitriles is 1. The molecule has 1 heterocycles. The standard InChI is InChI=1S/C21H21N3O3/c22-14-16-1-3-17(4-2-16)15-23-9-11-24(12-10-23)21(27)8-6-18-5-7-19(25)13-20(18)26/h1-8,13,25-26H,9-12,15H2/b8-6+. The molecule has 0 aliphatic carbocycles. The first-order chi connectivity index (χ1) is 13.0. The molecule has 1 fully saturated rings. The SMILES string of the molecule is N#Cc1ccc(CN2CCN(C(=O)/C=C/c3ccc(O)cc3O)CC2)cc1. The Labute approximate surface area is 158 Å². The molecule has 2 aromatic carbocycles. The predicted molar refractivity (Wildman–Crippen MR) is 102 cm³/mol. The van der Waals surface area contributed by atoms with Gasteiger partial charge in [0.05, 0.1) is 11.6 Å². The molecule has 3 rings (SSSR count). The van der Waals surface area contributed by atoms with Crippen LogP contribution in [0.2, 0.25) is 0 Å². The van der Waals surface area contributed by atoms with Crippen LogP contribution in [-0.2, 0) is 11.3 Å². The summed E-state index contributed by atoms with van der Waals surface area (Å²) in [6.45, 7) is 3.64. The van der Waals surface area contributed by atoms with Gasteiger partial charge in [-0.2, -0.15) is 5.26 Å². The number of piperazine rings is 1. The number of carbonyl (C=O) groups excluding carboxylic acids is 1. The fourth-order valence-electron chi connectivity index (χ4n) is 3.01. The van der Waals surface area contributed by atoms with Crippen LogP contribution in [0.4, 0.5) is 0 Å². The van der Waals surface area contributed by atoms with Gasteiger partial charge in [0.1, 0.15) is 11.5 Å². The van der Waals surface area contributed by atoms with Gasteiger partial charge in [-0.3, -0.25) is 9.69 Å². The third-order valence-electron chi connectivity index (χ3n) is 4.59. The number of hydrogen-bond acceptors (Lipinski definition) is 5. The molecule has 6 heteroatoms. The van der Waals surface area contributed by atoms with Crippen LogP contribution in [0, 0.1) is 11.3 Å². The average molecular weight is 363 g/mol. The molecule has 2 N–H and O–H groups in total. The second-order valence-electron chi connectivity index (χ2n) is 6.49. The molecule has 0 aromatic heterocycles. The third-order valence-corrected chi connectivity index (χ3v) is 4.59. The lowest BCUT2D eigenvalue weighted by Gasteiger charge is -2.34. The quantitative estimate of drug-likeness (QED) is 0.814. The van der Waals surface area contributed by atoms with Crippen LogP contribution in [0.15, 0.2) is 48.5 Å². The molecule has 0 bridgehead atoms. The molecular formula is C21H21N3O3. The van der Waals surface area contributed by atoms with E-state index >= 15 is 0 Å². The van der Waals surface area contributed by atoms with Crippen LogP contribution in [0.25, 0.3) is 6.08 Å². The summed E-state index contributed by atoms with van der Waals surface area (Å²) in [6.07, 6.45) is 3.00. The van der Waals surface area contributed by atoms with Gasteiger partial charge in [-0.05, 0) is 35.9 Å². The highest BCUT2D eigenvalue weighted by atomic mass is 16.3. The lowest BCUT2D eigenvalue weighted by molar-refractivity contribution is -0.127. The first kappa shape index (κ1) is 18.5. The van der Waals surface area contributed by atoms with Gasteiger partial charge in [-0.15, -0.1) is 0 Å². The molecule has 2 aromatic rings. The van der Waals surface area contributed by atoms with Crippen LogP contribution in [-0.4, -0.2) is 52.1 Å². The minimum Gasteiger partial charge on any atom is -0.508 e. The second kappa shape index (κ2) is 8.39. The zero-order valence-corrected chi connectivity index (χ0v) is 14.9. The highest BCUT2D eigenvalue weighted by molar-refractivity contribution is 5.92. The van der Waals surface area contributed by atoms with Crippen LogP contribution in [0.1, 0.15) is 16.7 Å². The van der Waals surface area contributed by atoms with Gasteiger partial charge in [0.15, 0.2) is 0 Å². The summed E-state index contributed by atoms with van der Waals surface area (Å²) >= 11 is 0. The van der Waals surface area contributed by atoms with Crippen LogP contribution < -0.4 is 0 Å². The van der Waals surface area contributed by atoms with Crippen LogP contribution in [0.5, 0.6) is 11.5 Å². The molecule has 1 aliphatic rings. The first-order valence-corrected chi connectivity index (χ1v) is 8.75. The van der Waals surface area contributed by atoms with E-state index in [1.807, 2.05) is 24.3 Å². The van der Waals surface area contributed by atoms with Gasteiger partial charge in [-0.1, -0.05) is 12.1 Å². The molecule has 0 spiro atoms. The molecule has 1 aliphatic heterocycles. The van der Waals surface area contributed by atoms with E-state index in [4.69, 9.17) is 5.26 Å². The van der Waals surface area contributed by atoms with E-state index in [2.05, 4.69) is 11.0 Å². The number of phenolic OH excluding ortho intramolecular Hbond substituents is 2. The Balaban J connectivity index is 1.51. The number of carbonyl (C=O) groups is 1. The Morgan fingerprint density at radius 1 is 1.07 bits per heavy atom.